The Bertz CT molecular complexity index is 454. The van der Waals surface area contributed by atoms with Gasteiger partial charge in [-0.15, -0.1) is 5.54 Å². The average Bonchev–Trinajstić information content (AvgIpc) is 2.18. The minimum absolute atomic E-state index is 0.230. The van der Waals surface area contributed by atoms with Crippen LogP contribution in [0.1, 0.15) is 0 Å². The van der Waals surface area contributed by atoms with Crippen molar-refractivity contribution < 1.29 is 4.79 Å². The molecule has 0 aliphatic heterocycles. The zero-order chi connectivity index (χ0) is 12.2. The fraction of sp³-hybridized carbons (Fsp3) is 0.250. The third-order valence-electron chi connectivity index (χ3n) is 1.67. The van der Waals surface area contributed by atoms with Gasteiger partial charge in [0.05, 0.1) is 5.69 Å². The molecule has 0 radical (unpaired) electrons. The van der Waals surface area contributed by atoms with Gasteiger partial charge in [0.25, 0.3) is 5.91 Å². The largest absolute Gasteiger partial charge is 0.314 e. The summed E-state index contributed by atoms with van der Waals surface area (Å²) in [5.74, 6) is 2.43. The molecule has 2 nitrogen and oxygen atoms in total. The number of benzene rings is 1. The molecule has 4 heteroatoms. The predicted molar refractivity (Wildman–Crippen MR) is 78.9 cm³/mol. The van der Waals surface area contributed by atoms with Crippen LogP contribution in [0.25, 0.3) is 0 Å². The summed E-state index contributed by atoms with van der Waals surface area (Å²) in [6.07, 6.45) is 0. The summed E-state index contributed by atoms with van der Waals surface area (Å²) in [6, 6.07) is 7.65. The Morgan fingerprint density at radius 2 is 1.94 bits per heavy atom. The van der Waals surface area contributed by atoms with Gasteiger partial charge in [-0.2, -0.15) is 0 Å². The lowest BCUT2D eigenvalue weighted by molar-refractivity contribution is -0.111. The molecule has 0 saturated heterocycles. The quantitative estimate of drug-likeness (QED) is 0.474. The van der Waals surface area contributed by atoms with Gasteiger partial charge in [-0.1, -0.05) is 31.8 Å². The maximum Gasteiger partial charge on any atom is 0.299 e. The first-order valence-corrected chi connectivity index (χ1v) is 9.55. The zero-order valence-electron chi connectivity index (χ0n) is 9.60. The molecule has 0 heterocycles. The van der Waals surface area contributed by atoms with Gasteiger partial charge in [0.2, 0.25) is 0 Å². The highest BCUT2D eigenvalue weighted by molar-refractivity contribution is 14.1. The SMILES string of the molecule is C[Si](C)(C)C#CC(=O)Nc1ccccc1I. The van der Waals surface area contributed by atoms with Crippen molar-refractivity contribution in [2.45, 2.75) is 19.6 Å². The molecule has 0 unspecified atom stereocenters. The van der Waals surface area contributed by atoms with E-state index in [4.69, 9.17) is 0 Å². The van der Waals surface area contributed by atoms with Gasteiger partial charge in [-0.3, -0.25) is 4.79 Å². The maximum atomic E-state index is 11.5. The molecule has 1 N–H and O–H groups in total. The summed E-state index contributed by atoms with van der Waals surface area (Å²) in [6.45, 7) is 6.33. The molecular weight excluding hydrogens is 329 g/mol. The fourth-order valence-corrected chi connectivity index (χ4v) is 1.97. The van der Waals surface area contributed by atoms with Crippen molar-refractivity contribution in [3.63, 3.8) is 0 Å². The van der Waals surface area contributed by atoms with E-state index in [-0.39, 0.29) is 5.91 Å². The molecule has 0 aromatic heterocycles. The van der Waals surface area contributed by atoms with Crippen molar-refractivity contribution in [2.75, 3.05) is 5.32 Å². The number of halogens is 1. The van der Waals surface area contributed by atoms with Crippen LogP contribution in [0.2, 0.25) is 19.6 Å². The van der Waals surface area contributed by atoms with Crippen LogP contribution < -0.4 is 5.32 Å². The van der Waals surface area contributed by atoms with Gasteiger partial charge in [-0.25, -0.2) is 0 Å². The minimum atomic E-state index is -1.47. The molecule has 0 aliphatic carbocycles. The van der Waals surface area contributed by atoms with E-state index in [1.807, 2.05) is 24.3 Å². The first kappa shape index (κ1) is 13.3. The van der Waals surface area contributed by atoms with Gasteiger partial charge >= 0.3 is 0 Å². The van der Waals surface area contributed by atoms with Crippen LogP contribution in [0, 0.1) is 15.0 Å². The van der Waals surface area contributed by atoms with Crippen molar-refractivity contribution in [1.82, 2.24) is 0 Å². The highest BCUT2D eigenvalue weighted by Gasteiger charge is 2.08. The van der Waals surface area contributed by atoms with Gasteiger partial charge in [0.1, 0.15) is 8.07 Å². The number of para-hydroxylation sites is 1. The molecule has 1 aromatic carbocycles. The van der Waals surface area contributed by atoms with Gasteiger partial charge in [-0.05, 0) is 40.6 Å². The molecule has 16 heavy (non-hydrogen) atoms. The lowest BCUT2D eigenvalue weighted by atomic mass is 10.3. The van der Waals surface area contributed by atoms with Crippen LogP contribution in [0.4, 0.5) is 5.69 Å². The number of amides is 1. The molecule has 0 aliphatic rings. The zero-order valence-corrected chi connectivity index (χ0v) is 12.8. The number of rotatable bonds is 1. The Hall–Kier alpha value is -0.803. The lowest BCUT2D eigenvalue weighted by Gasteiger charge is -2.05. The van der Waals surface area contributed by atoms with Gasteiger partial charge < -0.3 is 5.32 Å². The molecule has 0 fully saturated rings. The number of carbonyl (C=O) groups excluding carboxylic acids is 1. The second-order valence-electron chi connectivity index (χ2n) is 4.43. The van der Waals surface area contributed by atoms with Crippen LogP contribution in [0.3, 0.4) is 0 Å². The number of hydrogen-bond acceptors (Lipinski definition) is 1. The Kier molecular flexibility index (Phi) is 4.56. The third kappa shape index (κ3) is 4.81. The Labute approximate surface area is 111 Å². The normalized spacial score (nSPS) is 10.2. The summed E-state index contributed by atoms with van der Waals surface area (Å²) in [5, 5.41) is 2.78. The Morgan fingerprint density at radius 3 is 2.50 bits per heavy atom. The summed E-state index contributed by atoms with van der Waals surface area (Å²) in [4.78, 5) is 11.5. The number of nitrogens with one attached hydrogen (secondary N) is 1. The molecule has 0 atom stereocenters. The van der Waals surface area contributed by atoms with Gasteiger partial charge in [0.15, 0.2) is 0 Å². The second-order valence-corrected chi connectivity index (χ2v) is 10.3. The maximum absolute atomic E-state index is 11.5. The predicted octanol–water partition coefficient (Wildman–Crippen LogP) is 3.11. The van der Waals surface area contributed by atoms with Gasteiger partial charge in [0, 0.05) is 3.57 Å². The van der Waals surface area contributed by atoms with Crippen LogP contribution in [0.5, 0.6) is 0 Å². The molecule has 84 valence electrons. The third-order valence-corrected chi connectivity index (χ3v) is 3.49. The standard InChI is InChI=1S/C12H14INOSi/c1-16(2,3)9-8-12(15)14-11-7-5-4-6-10(11)13/h4-7H,1-3H3,(H,14,15). The van der Waals surface area contributed by atoms with E-state index in [1.54, 1.807) is 0 Å². The second kappa shape index (κ2) is 5.50. The summed E-state index contributed by atoms with van der Waals surface area (Å²) in [7, 11) is -1.47. The average molecular weight is 343 g/mol. The molecule has 1 rings (SSSR count). The monoisotopic (exact) mass is 343 g/mol. The van der Waals surface area contributed by atoms with Crippen LogP contribution in [-0.4, -0.2) is 14.0 Å². The van der Waals surface area contributed by atoms with Crippen LogP contribution in [0.15, 0.2) is 24.3 Å². The van der Waals surface area contributed by atoms with Crippen molar-refractivity contribution in [1.29, 1.82) is 0 Å². The summed E-state index contributed by atoms with van der Waals surface area (Å²) >= 11 is 2.18. The smallest absolute Gasteiger partial charge is 0.299 e. The van der Waals surface area contributed by atoms with E-state index < -0.39 is 8.07 Å². The van der Waals surface area contributed by atoms with E-state index >= 15 is 0 Å². The topological polar surface area (TPSA) is 29.1 Å². The van der Waals surface area contributed by atoms with E-state index in [1.165, 1.54) is 0 Å². The molecule has 0 bridgehead atoms. The van der Waals surface area contributed by atoms with E-state index in [2.05, 4.69) is 59.0 Å². The molecule has 1 amide bonds. The van der Waals surface area contributed by atoms with Crippen molar-refractivity contribution >= 4 is 42.3 Å². The van der Waals surface area contributed by atoms with Crippen LogP contribution >= 0.6 is 22.6 Å². The minimum Gasteiger partial charge on any atom is -0.314 e. The first-order chi connectivity index (χ1) is 7.38. The number of carbonyl (C=O) groups is 1. The Morgan fingerprint density at radius 1 is 1.31 bits per heavy atom. The fourth-order valence-electron chi connectivity index (χ4n) is 0.960. The highest BCUT2D eigenvalue weighted by Crippen LogP contribution is 2.16. The van der Waals surface area contributed by atoms with E-state index in [0.717, 1.165) is 9.26 Å². The molecular formula is C12H14INOSi. The van der Waals surface area contributed by atoms with Crippen molar-refractivity contribution in [2.24, 2.45) is 0 Å². The molecule has 0 spiro atoms. The summed E-state index contributed by atoms with van der Waals surface area (Å²) < 4.78 is 1.02. The first-order valence-electron chi connectivity index (χ1n) is 4.97. The molecule has 1 aromatic rings. The lowest BCUT2D eigenvalue weighted by Crippen LogP contribution is -2.18. The summed E-state index contributed by atoms with van der Waals surface area (Å²) in [5.41, 5.74) is 3.85. The Balaban J connectivity index is 2.72. The highest BCUT2D eigenvalue weighted by atomic mass is 127. The molecule has 0 saturated carbocycles. The van der Waals surface area contributed by atoms with Crippen molar-refractivity contribution in [3.8, 4) is 11.5 Å². The van der Waals surface area contributed by atoms with Crippen molar-refractivity contribution in [3.05, 3.63) is 27.8 Å². The van der Waals surface area contributed by atoms with Crippen LogP contribution in [-0.2, 0) is 4.79 Å². The van der Waals surface area contributed by atoms with E-state index in [0.29, 0.717) is 0 Å². The number of hydrogen-bond donors (Lipinski definition) is 1. The number of anilines is 1. The van der Waals surface area contributed by atoms with E-state index in [9.17, 15) is 4.79 Å².